The molecule has 2 rings (SSSR count). The number of benzene rings is 1. The minimum Gasteiger partial charge on any atom is -0.508 e. The lowest BCUT2D eigenvalue weighted by Crippen LogP contribution is -2.37. The maximum atomic E-state index is 11.8. The molecule has 1 aliphatic rings. The van der Waals surface area contributed by atoms with Crippen LogP contribution in [0.15, 0.2) is 18.2 Å². The minimum atomic E-state index is 0.129. The number of carbonyl (C=O) groups is 1. The second kappa shape index (κ2) is 10.8. The highest BCUT2D eigenvalue weighted by Gasteiger charge is 2.21. The molecule has 1 aliphatic heterocycles. The molecule has 24 heavy (non-hydrogen) atoms. The monoisotopic (exact) mass is 376 g/mol. The zero-order chi connectivity index (χ0) is 18.1. The number of phenols is 1. The number of hydrogen-bond acceptors (Lipinski definition) is 4. The van der Waals surface area contributed by atoms with Gasteiger partial charge in [-0.2, -0.15) is 0 Å². The van der Waals surface area contributed by atoms with Crippen LogP contribution >= 0.6 is 23.2 Å². The van der Waals surface area contributed by atoms with Crippen molar-refractivity contribution in [3.8, 4) is 5.75 Å². The fourth-order valence-corrected chi connectivity index (χ4v) is 2.66. The third-order valence-corrected chi connectivity index (χ3v) is 4.78. The summed E-state index contributed by atoms with van der Waals surface area (Å²) in [6.45, 7) is 4.67. The summed E-state index contributed by atoms with van der Waals surface area (Å²) in [6.07, 6.45) is 2.86. The normalized spacial score (nSPS) is 15.2. The van der Waals surface area contributed by atoms with E-state index in [1.165, 1.54) is 12.1 Å². The third kappa shape index (κ3) is 7.26. The van der Waals surface area contributed by atoms with Crippen LogP contribution in [0.3, 0.4) is 0 Å². The SMILES string of the molecule is CC(CC(=O)N1CCCC1)N(C)CCO.Oc1ccc(Cl)c(Cl)c1. The summed E-state index contributed by atoms with van der Waals surface area (Å²) in [7, 11) is 1.94. The van der Waals surface area contributed by atoms with Crippen molar-refractivity contribution in [2.45, 2.75) is 32.2 Å². The Hall–Kier alpha value is -1.01. The van der Waals surface area contributed by atoms with Crippen molar-refractivity contribution in [1.29, 1.82) is 0 Å². The molecule has 2 N–H and O–H groups in total. The van der Waals surface area contributed by atoms with Crippen LogP contribution in [0.1, 0.15) is 26.2 Å². The molecule has 7 heteroatoms. The Labute approximate surface area is 153 Å². The maximum absolute atomic E-state index is 11.8. The van der Waals surface area contributed by atoms with Gasteiger partial charge >= 0.3 is 0 Å². The molecule has 136 valence electrons. The third-order valence-electron chi connectivity index (χ3n) is 4.04. The Morgan fingerprint density at radius 3 is 2.42 bits per heavy atom. The molecule has 1 amide bonds. The molecule has 0 aromatic heterocycles. The summed E-state index contributed by atoms with van der Waals surface area (Å²) in [5, 5.41) is 18.4. The van der Waals surface area contributed by atoms with E-state index in [0.717, 1.165) is 25.9 Å². The average Bonchev–Trinajstić information content (AvgIpc) is 3.06. The van der Waals surface area contributed by atoms with E-state index < -0.39 is 0 Å². The van der Waals surface area contributed by atoms with Crippen molar-refractivity contribution in [3.63, 3.8) is 0 Å². The Morgan fingerprint density at radius 2 is 1.92 bits per heavy atom. The van der Waals surface area contributed by atoms with Gasteiger partial charge in [-0.25, -0.2) is 0 Å². The highest BCUT2D eigenvalue weighted by Crippen LogP contribution is 2.25. The van der Waals surface area contributed by atoms with Crippen molar-refractivity contribution in [2.75, 3.05) is 33.3 Å². The topological polar surface area (TPSA) is 64.0 Å². The van der Waals surface area contributed by atoms with Gasteiger partial charge in [0.1, 0.15) is 5.75 Å². The second-order valence-electron chi connectivity index (χ2n) is 5.94. The van der Waals surface area contributed by atoms with Gasteiger partial charge in [-0.05, 0) is 45.0 Å². The van der Waals surface area contributed by atoms with E-state index in [0.29, 0.717) is 23.0 Å². The van der Waals surface area contributed by atoms with Gasteiger partial charge in [0.05, 0.1) is 16.7 Å². The van der Waals surface area contributed by atoms with Crippen LogP contribution < -0.4 is 0 Å². The molecule has 1 unspecified atom stereocenters. The molecular weight excluding hydrogens is 351 g/mol. The number of aliphatic hydroxyl groups is 1. The molecule has 1 atom stereocenters. The van der Waals surface area contributed by atoms with E-state index in [9.17, 15) is 4.79 Å². The second-order valence-corrected chi connectivity index (χ2v) is 6.76. The van der Waals surface area contributed by atoms with Crippen LogP contribution in [0.2, 0.25) is 10.0 Å². The van der Waals surface area contributed by atoms with Crippen LogP contribution in [0.25, 0.3) is 0 Å². The summed E-state index contributed by atoms with van der Waals surface area (Å²) in [4.78, 5) is 15.8. The zero-order valence-electron chi connectivity index (χ0n) is 14.2. The number of halogens is 2. The van der Waals surface area contributed by atoms with Gasteiger partial charge in [-0.1, -0.05) is 23.2 Å². The highest BCUT2D eigenvalue weighted by atomic mass is 35.5. The first-order valence-corrected chi connectivity index (χ1v) is 8.83. The lowest BCUT2D eigenvalue weighted by Gasteiger charge is -2.25. The molecule has 0 spiro atoms. The van der Waals surface area contributed by atoms with Crippen LogP contribution in [-0.4, -0.2) is 65.3 Å². The fourth-order valence-electron chi connectivity index (χ4n) is 2.37. The molecular formula is C17H26Cl2N2O3. The number of amides is 1. The minimum absolute atomic E-state index is 0.129. The van der Waals surface area contributed by atoms with E-state index in [4.69, 9.17) is 33.4 Å². The van der Waals surface area contributed by atoms with E-state index in [1.807, 2.05) is 23.8 Å². The van der Waals surface area contributed by atoms with Gasteiger partial charge in [-0.3, -0.25) is 4.79 Å². The van der Waals surface area contributed by atoms with Gasteiger partial charge in [-0.15, -0.1) is 0 Å². The smallest absolute Gasteiger partial charge is 0.224 e. The van der Waals surface area contributed by atoms with Crippen molar-refractivity contribution in [2.24, 2.45) is 0 Å². The summed E-state index contributed by atoms with van der Waals surface area (Å²) >= 11 is 11.1. The van der Waals surface area contributed by atoms with Crippen molar-refractivity contribution < 1.29 is 15.0 Å². The van der Waals surface area contributed by atoms with E-state index >= 15 is 0 Å². The van der Waals surface area contributed by atoms with Crippen molar-refractivity contribution in [1.82, 2.24) is 9.80 Å². The number of aromatic hydroxyl groups is 1. The fraction of sp³-hybridized carbons (Fsp3) is 0.588. The maximum Gasteiger partial charge on any atom is 0.224 e. The molecule has 1 fully saturated rings. The molecule has 0 radical (unpaired) electrons. The molecule has 0 saturated carbocycles. The highest BCUT2D eigenvalue weighted by molar-refractivity contribution is 6.42. The van der Waals surface area contributed by atoms with E-state index in [1.54, 1.807) is 6.07 Å². The number of nitrogens with zero attached hydrogens (tertiary/aromatic N) is 2. The standard InChI is InChI=1S/C11H22N2O2.C6H4Cl2O/c1-10(12(2)7-8-14)9-11(15)13-5-3-4-6-13;7-5-2-1-4(9)3-6(5)8/h10,14H,3-9H2,1-2H3;1-3,9H. The number of likely N-dealkylation sites (tertiary alicyclic amines) is 1. The van der Waals surface area contributed by atoms with Gasteiger partial charge in [0, 0.05) is 32.1 Å². The van der Waals surface area contributed by atoms with Crippen molar-refractivity contribution >= 4 is 29.1 Å². The Bertz CT molecular complexity index is 523. The number of likely N-dealkylation sites (N-methyl/N-ethyl adjacent to an activating group) is 1. The quantitative estimate of drug-likeness (QED) is 0.828. The van der Waals surface area contributed by atoms with E-state index in [-0.39, 0.29) is 24.3 Å². The van der Waals surface area contributed by atoms with Crippen LogP contribution in [-0.2, 0) is 4.79 Å². The van der Waals surface area contributed by atoms with Gasteiger partial charge in [0.15, 0.2) is 0 Å². The lowest BCUT2D eigenvalue weighted by atomic mass is 10.2. The molecule has 0 bridgehead atoms. The summed E-state index contributed by atoms with van der Waals surface area (Å²) in [5.41, 5.74) is 0. The largest absolute Gasteiger partial charge is 0.508 e. The number of carbonyl (C=O) groups excluding carboxylic acids is 1. The van der Waals surface area contributed by atoms with Crippen molar-refractivity contribution in [3.05, 3.63) is 28.2 Å². The van der Waals surface area contributed by atoms with Gasteiger partial charge in [0.2, 0.25) is 5.91 Å². The average molecular weight is 377 g/mol. The van der Waals surface area contributed by atoms with E-state index in [2.05, 4.69) is 0 Å². The molecule has 1 heterocycles. The Morgan fingerprint density at radius 1 is 1.29 bits per heavy atom. The van der Waals surface area contributed by atoms with Crippen LogP contribution in [0.5, 0.6) is 5.75 Å². The zero-order valence-corrected chi connectivity index (χ0v) is 15.7. The Balaban J connectivity index is 0.000000272. The molecule has 1 saturated heterocycles. The lowest BCUT2D eigenvalue weighted by molar-refractivity contribution is -0.131. The summed E-state index contributed by atoms with van der Waals surface area (Å²) < 4.78 is 0. The predicted octanol–water partition coefficient (Wildman–Crippen LogP) is 3.01. The number of phenolic OH excluding ortho intramolecular Hbond substituents is 1. The number of aliphatic hydroxyl groups excluding tert-OH is 1. The van der Waals surface area contributed by atoms with Crippen LogP contribution in [0.4, 0.5) is 0 Å². The first-order chi connectivity index (χ1) is 11.3. The number of hydrogen-bond donors (Lipinski definition) is 2. The van der Waals surface area contributed by atoms with Gasteiger partial charge in [0.25, 0.3) is 0 Å². The molecule has 1 aromatic rings. The summed E-state index contributed by atoms with van der Waals surface area (Å²) in [5.74, 6) is 0.384. The summed E-state index contributed by atoms with van der Waals surface area (Å²) in [6, 6.07) is 4.63. The van der Waals surface area contributed by atoms with Gasteiger partial charge < -0.3 is 20.0 Å². The molecule has 1 aromatic carbocycles. The Kier molecular flexibility index (Phi) is 9.44. The molecule has 5 nitrogen and oxygen atoms in total. The molecule has 0 aliphatic carbocycles. The first-order valence-electron chi connectivity index (χ1n) is 8.08. The first kappa shape index (κ1) is 21.0. The predicted molar refractivity (Wildman–Crippen MR) is 97.7 cm³/mol. The number of rotatable bonds is 5. The van der Waals surface area contributed by atoms with Crippen LogP contribution in [0, 0.1) is 0 Å².